The van der Waals surface area contributed by atoms with Crippen LogP contribution in [0.25, 0.3) is 21.7 Å². The van der Waals surface area contributed by atoms with Crippen molar-refractivity contribution >= 4 is 21.7 Å². The molecular weight excluding hydrogens is 360 g/mol. The van der Waals surface area contributed by atoms with Gasteiger partial charge < -0.3 is 13.4 Å². The van der Waals surface area contributed by atoms with Gasteiger partial charge in [-0.05, 0) is 16.8 Å². The standard InChI is InChI=1S/C11H8N2.2C3H3NO.C2H2N2O/c1-2-4-9-8(3-1)5-6-11-10(9)7-12-13-11;2*1-2-5-3-4-1;1-2-5-4-3-1/h1-7H,(H,12,13);2*1-3H;1-2H. The first-order valence-corrected chi connectivity index (χ1v) is 8.11. The van der Waals surface area contributed by atoms with E-state index in [1.807, 2.05) is 12.3 Å². The molecule has 28 heavy (non-hydrogen) atoms. The molecule has 9 heteroatoms. The van der Waals surface area contributed by atoms with Gasteiger partial charge in [0.1, 0.15) is 18.8 Å². The van der Waals surface area contributed by atoms with Gasteiger partial charge in [-0.3, -0.25) is 5.10 Å². The third kappa shape index (κ3) is 5.63. The summed E-state index contributed by atoms with van der Waals surface area (Å²) in [5.41, 5.74) is 1.10. The summed E-state index contributed by atoms with van der Waals surface area (Å²) >= 11 is 0. The second-order valence-corrected chi connectivity index (χ2v) is 5.06. The van der Waals surface area contributed by atoms with Gasteiger partial charge in [0, 0.05) is 10.7 Å². The molecule has 0 atom stereocenters. The molecule has 0 unspecified atom stereocenters. The van der Waals surface area contributed by atoms with Gasteiger partial charge in [-0.25, -0.2) is 9.97 Å². The molecule has 0 radical (unpaired) electrons. The van der Waals surface area contributed by atoms with Crippen molar-refractivity contribution in [2.45, 2.75) is 0 Å². The summed E-state index contributed by atoms with van der Waals surface area (Å²) in [6.07, 6.45) is 13.7. The predicted octanol–water partition coefficient (Wildman–Crippen LogP) is 4.13. The minimum absolute atomic E-state index is 1.10. The van der Waals surface area contributed by atoms with Crippen LogP contribution in [0, 0.1) is 0 Å². The molecule has 0 aliphatic rings. The third-order valence-corrected chi connectivity index (χ3v) is 3.33. The minimum atomic E-state index is 1.10. The monoisotopic (exact) mass is 376 g/mol. The first-order chi connectivity index (χ1) is 13.9. The van der Waals surface area contributed by atoms with Crippen molar-refractivity contribution in [2.75, 3.05) is 0 Å². The van der Waals surface area contributed by atoms with Crippen molar-refractivity contribution < 1.29 is 13.4 Å². The van der Waals surface area contributed by atoms with E-state index in [-0.39, 0.29) is 0 Å². The van der Waals surface area contributed by atoms with Gasteiger partial charge >= 0.3 is 0 Å². The Hall–Kier alpha value is -4.27. The molecule has 0 aliphatic carbocycles. The molecule has 0 bridgehead atoms. The van der Waals surface area contributed by atoms with Crippen LogP contribution in [0.1, 0.15) is 0 Å². The van der Waals surface area contributed by atoms with Crippen molar-refractivity contribution in [3.05, 3.63) is 92.8 Å². The lowest BCUT2D eigenvalue weighted by atomic mass is 10.1. The van der Waals surface area contributed by atoms with E-state index in [9.17, 15) is 0 Å². The van der Waals surface area contributed by atoms with Crippen molar-refractivity contribution in [3.8, 4) is 0 Å². The first-order valence-electron chi connectivity index (χ1n) is 8.11. The van der Waals surface area contributed by atoms with E-state index in [1.54, 1.807) is 12.4 Å². The zero-order valence-electron chi connectivity index (χ0n) is 14.6. The number of benzene rings is 2. The summed E-state index contributed by atoms with van der Waals surface area (Å²) in [4.78, 5) is 7.11. The van der Waals surface area contributed by atoms with Crippen LogP contribution in [0.5, 0.6) is 0 Å². The third-order valence-electron chi connectivity index (χ3n) is 3.33. The first kappa shape index (κ1) is 18.5. The number of rotatable bonds is 0. The Kier molecular flexibility index (Phi) is 7.05. The second kappa shape index (κ2) is 10.7. The molecule has 2 aromatic carbocycles. The Labute approximate surface area is 159 Å². The number of nitrogens with one attached hydrogen (secondary N) is 1. The Morgan fingerprint density at radius 1 is 0.750 bits per heavy atom. The van der Waals surface area contributed by atoms with Crippen molar-refractivity contribution in [2.24, 2.45) is 0 Å². The second-order valence-electron chi connectivity index (χ2n) is 5.06. The zero-order valence-corrected chi connectivity index (χ0v) is 14.6. The molecule has 0 aliphatic heterocycles. The van der Waals surface area contributed by atoms with Crippen molar-refractivity contribution in [1.29, 1.82) is 0 Å². The van der Waals surface area contributed by atoms with Gasteiger partial charge in [-0.15, -0.1) is 5.10 Å². The molecule has 0 saturated heterocycles. The fraction of sp³-hybridized carbons (Fsp3) is 0. The molecule has 0 amide bonds. The van der Waals surface area contributed by atoms with Crippen LogP contribution in [-0.4, -0.2) is 30.5 Å². The van der Waals surface area contributed by atoms with Crippen LogP contribution in [0.15, 0.2) is 106 Å². The number of oxazole rings is 2. The lowest BCUT2D eigenvalue weighted by Gasteiger charge is -1.96. The minimum Gasteiger partial charge on any atom is -0.452 e. The molecule has 4 aromatic heterocycles. The van der Waals surface area contributed by atoms with Gasteiger partial charge in [0.2, 0.25) is 0 Å². The highest BCUT2D eigenvalue weighted by Crippen LogP contribution is 2.22. The topological polar surface area (TPSA) is 120 Å². The molecule has 0 spiro atoms. The maximum absolute atomic E-state index is 4.47. The van der Waals surface area contributed by atoms with E-state index < -0.39 is 0 Å². The van der Waals surface area contributed by atoms with E-state index in [4.69, 9.17) is 0 Å². The van der Waals surface area contributed by atoms with E-state index in [2.05, 4.69) is 74.2 Å². The average Bonchev–Trinajstić information content (AvgIpc) is 3.59. The summed E-state index contributed by atoms with van der Waals surface area (Å²) in [7, 11) is 0. The Morgan fingerprint density at radius 2 is 1.54 bits per heavy atom. The van der Waals surface area contributed by atoms with Gasteiger partial charge in [0.05, 0.1) is 30.3 Å². The Balaban J connectivity index is 0.000000124. The van der Waals surface area contributed by atoms with Crippen molar-refractivity contribution in [3.63, 3.8) is 0 Å². The molecule has 9 nitrogen and oxygen atoms in total. The van der Waals surface area contributed by atoms with Crippen molar-refractivity contribution in [1.82, 2.24) is 30.5 Å². The average molecular weight is 376 g/mol. The van der Waals surface area contributed by atoms with Gasteiger partial charge in [0.25, 0.3) is 0 Å². The highest BCUT2D eigenvalue weighted by Gasteiger charge is 1.99. The number of hydrogen-bond donors (Lipinski definition) is 1. The van der Waals surface area contributed by atoms with Crippen LogP contribution >= 0.6 is 0 Å². The molecular formula is C19H16N6O3. The number of H-pyrrole nitrogens is 1. The van der Waals surface area contributed by atoms with E-state index in [0.29, 0.717) is 0 Å². The van der Waals surface area contributed by atoms with Crippen LogP contribution in [0.4, 0.5) is 0 Å². The predicted molar refractivity (Wildman–Crippen MR) is 101 cm³/mol. The number of aromatic amines is 1. The quantitative estimate of drug-likeness (QED) is 0.420. The van der Waals surface area contributed by atoms with Crippen LogP contribution in [-0.2, 0) is 0 Å². The number of aromatic nitrogens is 6. The fourth-order valence-corrected chi connectivity index (χ4v) is 2.19. The van der Waals surface area contributed by atoms with Crippen LogP contribution in [0.3, 0.4) is 0 Å². The highest BCUT2D eigenvalue weighted by atomic mass is 16.5. The lowest BCUT2D eigenvalue weighted by molar-refractivity contribution is 0.393. The summed E-state index contributed by atoms with van der Waals surface area (Å²) in [6.45, 7) is 0. The van der Waals surface area contributed by atoms with E-state index >= 15 is 0 Å². The van der Waals surface area contributed by atoms with Crippen LogP contribution < -0.4 is 0 Å². The number of hydrogen-bond acceptors (Lipinski definition) is 8. The van der Waals surface area contributed by atoms with Gasteiger partial charge in [0.15, 0.2) is 12.8 Å². The largest absolute Gasteiger partial charge is 0.452 e. The lowest BCUT2D eigenvalue weighted by Crippen LogP contribution is -1.72. The number of nitrogens with zero attached hydrogens (tertiary/aromatic N) is 5. The SMILES string of the molecule is c1ccc2c(c1)ccc1[nH]ncc12.c1cocn1.c1cocn1.c1conn1. The molecule has 4 heterocycles. The van der Waals surface area contributed by atoms with Gasteiger partial charge in [-0.1, -0.05) is 30.3 Å². The van der Waals surface area contributed by atoms with E-state index in [1.165, 1.54) is 53.9 Å². The number of fused-ring (bicyclic) bond motifs is 3. The normalized spacial score (nSPS) is 9.43. The Morgan fingerprint density at radius 3 is 2.07 bits per heavy atom. The molecule has 140 valence electrons. The summed E-state index contributed by atoms with van der Waals surface area (Å²) in [5.74, 6) is 0. The van der Waals surface area contributed by atoms with Gasteiger partial charge in [-0.2, -0.15) is 5.10 Å². The highest BCUT2D eigenvalue weighted by molar-refractivity contribution is 6.05. The fourth-order valence-electron chi connectivity index (χ4n) is 2.19. The molecule has 6 aromatic rings. The maximum Gasteiger partial charge on any atom is 0.180 e. The molecule has 0 fully saturated rings. The van der Waals surface area contributed by atoms with Crippen LogP contribution in [0.2, 0.25) is 0 Å². The summed E-state index contributed by atoms with van der Waals surface area (Å²) in [6, 6.07) is 12.5. The zero-order chi connectivity index (χ0) is 19.3. The Bertz CT molecular complexity index is 1010. The maximum atomic E-state index is 4.47. The van der Waals surface area contributed by atoms with E-state index in [0.717, 1.165) is 5.52 Å². The smallest absolute Gasteiger partial charge is 0.180 e. The molecule has 0 saturated carbocycles. The molecule has 1 N–H and O–H groups in total. The summed E-state index contributed by atoms with van der Waals surface area (Å²) < 4.78 is 13.2. The molecule has 6 rings (SSSR count). The summed E-state index contributed by atoms with van der Waals surface area (Å²) in [5, 5.41) is 17.1.